The Morgan fingerprint density at radius 2 is 1.89 bits per heavy atom. The molecule has 4 heteroatoms. The Morgan fingerprint density at radius 3 is 2.44 bits per heavy atom. The Labute approximate surface area is 110 Å². The van der Waals surface area contributed by atoms with Gasteiger partial charge >= 0.3 is 0 Å². The van der Waals surface area contributed by atoms with Crippen molar-refractivity contribution < 1.29 is 9.53 Å². The van der Waals surface area contributed by atoms with Crippen LogP contribution >= 0.6 is 11.3 Å². The standard InChI is InChI=1S/C14H15NO2S/c1-8-5-11(12(17-4)6-9(8)2)14-15-10(3)13(7-16)18-14/h5-7H,1-4H3. The predicted molar refractivity (Wildman–Crippen MR) is 73.7 cm³/mol. The van der Waals surface area contributed by atoms with Crippen LogP contribution in [0.5, 0.6) is 5.75 Å². The smallest absolute Gasteiger partial charge is 0.161 e. The number of methoxy groups -OCH3 is 1. The van der Waals surface area contributed by atoms with Gasteiger partial charge in [0.05, 0.1) is 23.2 Å². The fourth-order valence-electron chi connectivity index (χ4n) is 1.76. The summed E-state index contributed by atoms with van der Waals surface area (Å²) in [5.74, 6) is 0.796. The number of nitrogens with zero attached hydrogens (tertiary/aromatic N) is 1. The number of thiazole rings is 1. The van der Waals surface area contributed by atoms with E-state index >= 15 is 0 Å². The van der Waals surface area contributed by atoms with E-state index in [2.05, 4.69) is 18.0 Å². The summed E-state index contributed by atoms with van der Waals surface area (Å²) in [5.41, 5.74) is 4.08. The van der Waals surface area contributed by atoms with Crippen LogP contribution in [0.15, 0.2) is 12.1 Å². The summed E-state index contributed by atoms with van der Waals surface area (Å²) < 4.78 is 5.40. The molecule has 3 nitrogen and oxygen atoms in total. The van der Waals surface area contributed by atoms with E-state index in [0.717, 1.165) is 28.3 Å². The second-order valence-corrected chi connectivity index (χ2v) is 5.25. The van der Waals surface area contributed by atoms with E-state index in [-0.39, 0.29) is 0 Å². The molecule has 0 aliphatic heterocycles. The van der Waals surface area contributed by atoms with Crippen molar-refractivity contribution in [2.24, 2.45) is 0 Å². The molecule has 1 heterocycles. The Hall–Kier alpha value is -1.68. The maximum atomic E-state index is 10.9. The minimum Gasteiger partial charge on any atom is -0.496 e. The van der Waals surface area contributed by atoms with Crippen LogP contribution in [0.4, 0.5) is 0 Å². The normalized spacial score (nSPS) is 10.4. The van der Waals surface area contributed by atoms with Gasteiger partial charge in [-0.05, 0) is 44.0 Å². The summed E-state index contributed by atoms with van der Waals surface area (Å²) >= 11 is 1.40. The minimum absolute atomic E-state index is 0.672. The Morgan fingerprint density at radius 1 is 1.22 bits per heavy atom. The van der Waals surface area contributed by atoms with E-state index in [4.69, 9.17) is 4.74 Å². The van der Waals surface area contributed by atoms with Gasteiger partial charge in [-0.25, -0.2) is 4.98 Å². The Balaban J connectivity index is 2.61. The molecular weight excluding hydrogens is 246 g/mol. The van der Waals surface area contributed by atoms with Gasteiger partial charge in [0, 0.05) is 0 Å². The summed E-state index contributed by atoms with van der Waals surface area (Å²) in [4.78, 5) is 16.0. The number of rotatable bonds is 3. The van der Waals surface area contributed by atoms with E-state index in [1.54, 1.807) is 7.11 Å². The van der Waals surface area contributed by atoms with Crippen LogP contribution in [-0.2, 0) is 0 Å². The Bertz CT molecular complexity index is 602. The maximum Gasteiger partial charge on any atom is 0.161 e. The lowest BCUT2D eigenvalue weighted by Gasteiger charge is -2.09. The van der Waals surface area contributed by atoms with E-state index in [1.807, 2.05) is 19.9 Å². The molecule has 0 aliphatic rings. The van der Waals surface area contributed by atoms with E-state index in [0.29, 0.717) is 4.88 Å². The fourth-order valence-corrected chi connectivity index (χ4v) is 2.66. The van der Waals surface area contributed by atoms with Crippen LogP contribution in [0.25, 0.3) is 10.6 Å². The van der Waals surface area contributed by atoms with E-state index in [1.165, 1.54) is 22.5 Å². The summed E-state index contributed by atoms with van der Waals surface area (Å²) in [7, 11) is 1.65. The van der Waals surface area contributed by atoms with Crippen molar-refractivity contribution in [3.63, 3.8) is 0 Å². The lowest BCUT2D eigenvalue weighted by atomic mass is 10.1. The van der Waals surface area contributed by atoms with Crippen molar-refractivity contribution >= 4 is 17.6 Å². The molecule has 0 amide bonds. The average molecular weight is 261 g/mol. The summed E-state index contributed by atoms with van der Waals surface area (Å²) in [5, 5.41) is 0.828. The highest BCUT2D eigenvalue weighted by atomic mass is 32.1. The molecule has 2 aromatic rings. The first kappa shape index (κ1) is 12.8. The number of carbonyl (C=O) groups is 1. The van der Waals surface area contributed by atoms with Crippen molar-refractivity contribution in [1.29, 1.82) is 0 Å². The number of hydrogen-bond acceptors (Lipinski definition) is 4. The average Bonchev–Trinajstić information content (AvgIpc) is 2.73. The quantitative estimate of drug-likeness (QED) is 0.793. The molecule has 0 spiro atoms. The molecule has 0 saturated carbocycles. The molecule has 1 aromatic carbocycles. The van der Waals surface area contributed by atoms with Gasteiger partial charge in [-0.15, -0.1) is 11.3 Å². The van der Waals surface area contributed by atoms with Crippen LogP contribution in [0.3, 0.4) is 0 Å². The van der Waals surface area contributed by atoms with Crippen LogP contribution in [0, 0.1) is 20.8 Å². The van der Waals surface area contributed by atoms with Crippen molar-refractivity contribution in [2.75, 3.05) is 7.11 Å². The number of ether oxygens (including phenoxy) is 1. The molecule has 0 saturated heterocycles. The zero-order valence-corrected chi connectivity index (χ0v) is 11.7. The monoisotopic (exact) mass is 261 g/mol. The zero-order chi connectivity index (χ0) is 13.3. The van der Waals surface area contributed by atoms with Crippen LogP contribution in [0.1, 0.15) is 26.5 Å². The Kier molecular flexibility index (Phi) is 3.48. The molecular formula is C14H15NO2S. The number of aldehydes is 1. The number of aryl methyl sites for hydroxylation is 3. The number of aromatic nitrogens is 1. The highest BCUT2D eigenvalue weighted by molar-refractivity contribution is 7.16. The van der Waals surface area contributed by atoms with Gasteiger partial charge < -0.3 is 4.74 Å². The third-order valence-corrected chi connectivity index (χ3v) is 4.10. The first-order valence-corrected chi connectivity index (χ1v) is 6.46. The van der Waals surface area contributed by atoms with Gasteiger partial charge in [-0.3, -0.25) is 4.79 Å². The lowest BCUT2D eigenvalue weighted by molar-refractivity contribution is 0.112. The first-order valence-electron chi connectivity index (χ1n) is 5.65. The number of benzene rings is 1. The summed E-state index contributed by atoms with van der Waals surface area (Å²) in [6.07, 6.45) is 0.851. The van der Waals surface area contributed by atoms with Crippen molar-refractivity contribution in [1.82, 2.24) is 4.98 Å². The molecule has 94 valence electrons. The highest BCUT2D eigenvalue weighted by Gasteiger charge is 2.14. The third-order valence-electron chi connectivity index (χ3n) is 2.99. The molecule has 0 fully saturated rings. The zero-order valence-electron chi connectivity index (χ0n) is 10.9. The second-order valence-electron chi connectivity index (χ2n) is 4.22. The van der Waals surface area contributed by atoms with E-state index < -0.39 is 0 Å². The fraction of sp³-hybridized carbons (Fsp3) is 0.286. The summed E-state index contributed by atoms with van der Waals surface area (Å²) in [6, 6.07) is 4.06. The van der Waals surface area contributed by atoms with Gasteiger partial charge in [0.15, 0.2) is 6.29 Å². The molecule has 0 bridgehead atoms. The maximum absolute atomic E-state index is 10.9. The van der Waals surface area contributed by atoms with Crippen molar-refractivity contribution in [2.45, 2.75) is 20.8 Å². The second kappa shape index (κ2) is 4.90. The number of carbonyl (C=O) groups excluding carboxylic acids is 1. The summed E-state index contributed by atoms with van der Waals surface area (Å²) in [6.45, 7) is 5.95. The molecule has 0 N–H and O–H groups in total. The van der Waals surface area contributed by atoms with Gasteiger partial charge in [-0.1, -0.05) is 0 Å². The predicted octanol–water partition coefficient (Wildman–Crippen LogP) is 3.56. The SMILES string of the molecule is COc1cc(C)c(C)cc1-c1nc(C)c(C=O)s1. The van der Waals surface area contributed by atoms with Crippen LogP contribution in [-0.4, -0.2) is 18.4 Å². The van der Waals surface area contributed by atoms with E-state index in [9.17, 15) is 4.79 Å². The van der Waals surface area contributed by atoms with Gasteiger partial charge in [0.2, 0.25) is 0 Å². The lowest BCUT2D eigenvalue weighted by Crippen LogP contribution is -1.91. The van der Waals surface area contributed by atoms with Crippen LogP contribution < -0.4 is 4.74 Å². The van der Waals surface area contributed by atoms with Crippen molar-refractivity contribution in [3.05, 3.63) is 33.8 Å². The molecule has 0 unspecified atom stereocenters. The first-order chi connectivity index (χ1) is 8.56. The van der Waals surface area contributed by atoms with Crippen molar-refractivity contribution in [3.8, 4) is 16.3 Å². The van der Waals surface area contributed by atoms with Crippen LogP contribution in [0.2, 0.25) is 0 Å². The number of hydrogen-bond donors (Lipinski definition) is 0. The molecule has 2 rings (SSSR count). The minimum atomic E-state index is 0.672. The van der Waals surface area contributed by atoms with Gasteiger partial charge in [0.1, 0.15) is 10.8 Å². The highest BCUT2D eigenvalue weighted by Crippen LogP contribution is 2.35. The molecule has 0 radical (unpaired) electrons. The topological polar surface area (TPSA) is 39.2 Å². The largest absolute Gasteiger partial charge is 0.496 e. The molecule has 1 aromatic heterocycles. The van der Waals surface area contributed by atoms with Gasteiger partial charge in [-0.2, -0.15) is 0 Å². The van der Waals surface area contributed by atoms with Gasteiger partial charge in [0.25, 0.3) is 0 Å². The molecule has 0 atom stereocenters. The molecule has 18 heavy (non-hydrogen) atoms. The third kappa shape index (κ3) is 2.16. The molecule has 0 aliphatic carbocycles.